The number of esters is 1. The first-order valence-electron chi connectivity index (χ1n) is 23.0. The number of likely N-dealkylation sites (N-methyl/N-ethyl adjacent to an activating group) is 2. The van der Waals surface area contributed by atoms with E-state index in [0.29, 0.717) is 43.5 Å². The van der Waals surface area contributed by atoms with Crippen molar-refractivity contribution >= 4 is 46.4 Å². The molecule has 2 fully saturated rings. The Labute approximate surface area is 391 Å². The van der Waals surface area contributed by atoms with Gasteiger partial charge in [-0.25, -0.2) is 5.43 Å². The van der Waals surface area contributed by atoms with Crippen molar-refractivity contribution in [1.29, 1.82) is 0 Å². The van der Waals surface area contributed by atoms with Crippen molar-refractivity contribution < 1.29 is 43.3 Å². The Hall–Kier alpha value is -6.33. The number of aryl methyl sites for hydroxylation is 1. The summed E-state index contributed by atoms with van der Waals surface area (Å²) in [6.07, 6.45) is 5.01. The largest absolute Gasteiger partial charge is 0.508 e. The third-order valence-corrected chi connectivity index (χ3v) is 13.1. The van der Waals surface area contributed by atoms with Crippen molar-refractivity contribution in [3.8, 4) is 28.1 Å². The number of benzene rings is 2. The SMILES string of the molecule is CCn1c(-c2cnccc2COC)c2c3cc(ccc31)-c1cc(O)cc(c1)C[C@H](NC(=O)C(C(C)C)N(C)C(=O)CN(C)C(=O)[C@@H]1CN1C(C)=O)C(=O)N1CCC[C@H](N1)C(=O)OCC(C)(C)C2. The molecule has 5 amide bonds. The fourth-order valence-corrected chi connectivity index (χ4v) is 9.61. The van der Waals surface area contributed by atoms with Crippen molar-refractivity contribution in [3.05, 3.63) is 71.5 Å². The predicted octanol–water partition coefficient (Wildman–Crippen LogP) is 4.06. The maximum absolute atomic E-state index is 14.7. The molecule has 0 spiro atoms. The van der Waals surface area contributed by atoms with E-state index in [4.69, 9.17) is 9.47 Å². The third kappa shape index (κ3) is 10.5. The molecule has 7 rings (SSSR count). The number of phenols is 1. The van der Waals surface area contributed by atoms with Crippen LogP contribution in [0.15, 0.2) is 54.9 Å². The summed E-state index contributed by atoms with van der Waals surface area (Å²) in [7, 11) is 4.62. The first kappa shape index (κ1) is 48.6. The molecule has 4 atom stereocenters. The summed E-state index contributed by atoms with van der Waals surface area (Å²) in [6, 6.07) is 9.55. The highest BCUT2D eigenvalue weighted by molar-refractivity contribution is 5.97. The minimum atomic E-state index is -1.21. The average molecular weight is 921 g/mol. The van der Waals surface area contributed by atoms with Gasteiger partial charge in [-0.15, -0.1) is 0 Å². The number of aromatic hydroxyl groups is 1. The van der Waals surface area contributed by atoms with Gasteiger partial charge >= 0.3 is 5.97 Å². The van der Waals surface area contributed by atoms with Gasteiger partial charge < -0.3 is 39.2 Å². The normalized spacial score (nSPS) is 19.9. The Morgan fingerprint density at radius 3 is 2.52 bits per heavy atom. The van der Waals surface area contributed by atoms with Crippen LogP contribution in [0.4, 0.5) is 0 Å². The second kappa shape index (κ2) is 19.9. The van der Waals surface area contributed by atoms with Gasteiger partial charge in [-0.1, -0.05) is 39.8 Å². The maximum Gasteiger partial charge on any atom is 0.324 e. The maximum atomic E-state index is 14.7. The zero-order valence-corrected chi connectivity index (χ0v) is 40.1. The summed E-state index contributed by atoms with van der Waals surface area (Å²) in [5.41, 5.74) is 9.55. The molecule has 67 heavy (non-hydrogen) atoms. The summed E-state index contributed by atoms with van der Waals surface area (Å²) in [5.74, 6) is -3.18. The first-order valence-corrected chi connectivity index (χ1v) is 23.0. The predicted molar refractivity (Wildman–Crippen MR) is 251 cm³/mol. The molecular formula is C50H64N8O9. The summed E-state index contributed by atoms with van der Waals surface area (Å²) < 4.78 is 14.0. The number of amides is 5. The number of ether oxygens (including phenoxy) is 2. The van der Waals surface area contributed by atoms with Gasteiger partial charge in [0.25, 0.3) is 5.91 Å². The lowest BCUT2D eigenvalue weighted by atomic mass is 9.84. The Balaban J connectivity index is 1.27. The number of hydrazine groups is 1. The van der Waals surface area contributed by atoms with Gasteiger partial charge in [-0.05, 0) is 90.3 Å². The number of aromatic nitrogens is 2. The van der Waals surface area contributed by atoms with Crippen LogP contribution in [0.25, 0.3) is 33.3 Å². The van der Waals surface area contributed by atoms with E-state index in [2.05, 4.69) is 53.2 Å². The van der Waals surface area contributed by atoms with Gasteiger partial charge in [0.2, 0.25) is 23.6 Å². The second-order valence-electron chi connectivity index (χ2n) is 19.3. The molecule has 358 valence electrons. The van der Waals surface area contributed by atoms with E-state index in [0.717, 1.165) is 38.9 Å². The number of carbonyl (C=O) groups is 6. The van der Waals surface area contributed by atoms with Crippen LogP contribution in [0.1, 0.15) is 71.1 Å². The monoisotopic (exact) mass is 920 g/mol. The molecule has 17 heteroatoms. The van der Waals surface area contributed by atoms with Crippen LogP contribution in [0, 0.1) is 11.3 Å². The topological polar surface area (TPSA) is 196 Å². The molecule has 3 aliphatic heterocycles. The summed E-state index contributed by atoms with van der Waals surface area (Å²) in [4.78, 5) is 90.0. The number of hydrogen-bond donors (Lipinski definition) is 3. The molecule has 2 aromatic heterocycles. The molecule has 17 nitrogen and oxygen atoms in total. The zero-order chi connectivity index (χ0) is 48.5. The molecule has 6 bridgehead atoms. The number of carbonyl (C=O) groups excluding carboxylic acids is 6. The van der Waals surface area contributed by atoms with Crippen molar-refractivity contribution in [2.24, 2.45) is 11.3 Å². The van der Waals surface area contributed by atoms with E-state index in [1.165, 1.54) is 40.7 Å². The van der Waals surface area contributed by atoms with Crippen LogP contribution in [0.2, 0.25) is 0 Å². The number of hydrogen-bond acceptors (Lipinski definition) is 11. The van der Waals surface area contributed by atoms with Crippen molar-refractivity contribution in [1.82, 2.24) is 40.0 Å². The Bertz CT molecular complexity index is 2570. The van der Waals surface area contributed by atoms with E-state index in [9.17, 15) is 33.9 Å². The first-order chi connectivity index (χ1) is 31.8. The molecular weight excluding hydrogens is 857 g/mol. The van der Waals surface area contributed by atoms with Crippen molar-refractivity contribution in [3.63, 3.8) is 0 Å². The van der Waals surface area contributed by atoms with Crippen LogP contribution in [-0.2, 0) is 64.2 Å². The van der Waals surface area contributed by atoms with Crippen LogP contribution >= 0.6 is 0 Å². The molecule has 3 N–H and O–H groups in total. The van der Waals surface area contributed by atoms with E-state index in [1.807, 2.05) is 24.4 Å². The van der Waals surface area contributed by atoms with Crippen LogP contribution < -0.4 is 10.7 Å². The zero-order valence-electron chi connectivity index (χ0n) is 40.1. The summed E-state index contributed by atoms with van der Waals surface area (Å²) in [6.45, 7) is 12.5. The second-order valence-corrected chi connectivity index (χ2v) is 19.3. The smallest absolute Gasteiger partial charge is 0.324 e. The van der Waals surface area contributed by atoms with E-state index in [1.54, 1.807) is 39.3 Å². The van der Waals surface area contributed by atoms with Gasteiger partial charge in [0.1, 0.15) is 29.9 Å². The van der Waals surface area contributed by atoms with E-state index < -0.39 is 59.2 Å². The Kier molecular flexibility index (Phi) is 14.4. The number of phenolic OH excluding ortho intramolecular Hbond substituents is 1. The quantitative estimate of drug-likeness (QED) is 0.145. The molecule has 2 aromatic carbocycles. The van der Waals surface area contributed by atoms with E-state index in [-0.39, 0.29) is 50.2 Å². The number of cyclic esters (lactones) is 1. The summed E-state index contributed by atoms with van der Waals surface area (Å²) in [5, 5.41) is 16.6. The highest BCUT2D eigenvalue weighted by Gasteiger charge is 2.45. The molecule has 0 saturated carbocycles. The molecule has 0 aliphatic carbocycles. The van der Waals surface area contributed by atoms with Gasteiger partial charge in [0.15, 0.2) is 0 Å². The highest BCUT2D eigenvalue weighted by Crippen LogP contribution is 2.41. The molecule has 2 saturated heterocycles. The number of nitrogens with one attached hydrogen (secondary N) is 2. The van der Waals surface area contributed by atoms with Gasteiger partial charge in [0, 0.05) is 81.9 Å². The fraction of sp³-hybridized carbons (Fsp3) is 0.500. The van der Waals surface area contributed by atoms with Crippen molar-refractivity contribution in [2.45, 2.75) is 105 Å². The molecule has 1 unspecified atom stereocenters. The Morgan fingerprint density at radius 1 is 1.07 bits per heavy atom. The minimum Gasteiger partial charge on any atom is -0.508 e. The molecule has 5 heterocycles. The number of fused-ring (bicyclic) bond motifs is 6. The van der Waals surface area contributed by atoms with E-state index >= 15 is 0 Å². The lowest BCUT2D eigenvalue weighted by Crippen LogP contribution is -2.62. The van der Waals surface area contributed by atoms with Crippen molar-refractivity contribution in [2.75, 3.05) is 47.4 Å². The lowest BCUT2D eigenvalue weighted by molar-refractivity contribution is -0.155. The van der Waals surface area contributed by atoms with Crippen LogP contribution in [0.5, 0.6) is 5.75 Å². The number of pyridine rings is 1. The fourth-order valence-electron chi connectivity index (χ4n) is 9.61. The minimum absolute atomic E-state index is 0.0344. The van der Waals surface area contributed by atoms with Crippen LogP contribution in [-0.4, -0.2) is 141 Å². The molecule has 3 aliphatic rings. The van der Waals surface area contributed by atoms with Crippen LogP contribution in [0.3, 0.4) is 0 Å². The van der Waals surface area contributed by atoms with Gasteiger partial charge in [-0.2, -0.15) is 0 Å². The lowest BCUT2D eigenvalue weighted by Gasteiger charge is -2.37. The molecule has 4 aromatic rings. The number of nitrogens with zero attached hydrogens (tertiary/aromatic N) is 6. The standard InChI is InChI=1S/C50H64N8O9/c1-10-56-41-14-13-32-22-36(41)37(45(56)38-24-51-16-15-33(38)27-66-9)23-50(5,6)28-67-49(65)39-12-11-17-58(53-39)47(63)40(20-31-18-34(32)21-35(60)19-31)52-46(62)44(29(2)3)55(8)43(61)26-54(7)48(64)42-25-57(42)30(4)59/h13-16,18-19,21-22,24,29,39-40,42,44,53,60H,10-12,17,20,23,25-28H2,1-9H3,(H,52,62)/t39-,40-,42-,44?,57?/m0/s1. The highest BCUT2D eigenvalue weighted by atomic mass is 16.5. The van der Waals surface area contributed by atoms with Gasteiger partial charge in [-0.3, -0.25) is 38.8 Å². The number of methoxy groups -OCH3 is 1. The third-order valence-electron chi connectivity index (χ3n) is 13.1. The average Bonchev–Trinajstić information content (AvgIpc) is 4.05. The Morgan fingerprint density at radius 2 is 1.84 bits per heavy atom. The summed E-state index contributed by atoms with van der Waals surface area (Å²) >= 11 is 0. The van der Waals surface area contributed by atoms with Gasteiger partial charge in [0.05, 0.1) is 32.0 Å². The number of rotatable bonds is 11. The molecule has 0 radical (unpaired) electrons.